The van der Waals surface area contributed by atoms with E-state index in [-0.39, 0.29) is 11.7 Å². The molecule has 2 N–H and O–H groups in total. The minimum atomic E-state index is -3.87. The Bertz CT molecular complexity index is 781. The molecule has 214 valence electrons. The molecule has 0 unspecified atom stereocenters. The van der Waals surface area contributed by atoms with E-state index in [1.807, 2.05) is 0 Å². The summed E-state index contributed by atoms with van der Waals surface area (Å²) < 4.78 is 57.1. The predicted molar refractivity (Wildman–Crippen MR) is 155 cm³/mol. The Hall–Kier alpha value is -0.0725. The smallest absolute Gasteiger partial charge is 0.364 e. The molecular weight excluding hydrogens is 549 g/mol. The van der Waals surface area contributed by atoms with E-state index in [0.29, 0.717) is 31.9 Å². The summed E-state index contributed by atoms with van der Waals surface area (Å²) in [6.07, 6.45) is 5.20. The normalized spacial score (nSPS) is 13.6. The molecular formula is C22H53N2O7SSi4+. The molecule has 0 radical (unpaired) electrons. The number of amides is 1. The van der Waals surface area contributed by atoms with Gasteiger partial charge in [-0.1, -0.05) is 0 Å². The van der Waals surface area contributed by atoms with Crippen molar-refractivity contribution in [3.8, 4) is 0 Å². The summed E-state index contributed by atoms with van der Waals surface area (Å²) in [6, 6.07) is 0.646. The largest absolute Gasteiger partial charge is 0.435 e. The first-order valence-electron chi connectivity index (χ1n) is 13.1. The van der Waals surface area contributed by atoms with E-state index in [0.717, 1.165) is 43.3 Å². The van der Waals surface area contributed by atoms with Crippen LogP contribution in [0.25, 0.3) is 0 Å². The first-order valence-corrected chi connectivity index (χ1v) is 26.5. The Morgan fingerprint density at radius 3 is 1.83 bits per heavy atom. The summed E-state index contributed by atoms with van der Waals surface area (Å²) in [7, 11) is -8.30. The molecule has 0 saturated carbocycles. The first kappa shape index (κ1) is 35.9. The molecule has 0 aromatic rings. The summed E-state index contributed by atoms with van der Waals surface area (Å²) in [4.78, 5) is 12.3. The van der Waals surface area contributed by atoms with Crippen LogP contribution in [-0.2, 0) is 27.6 Å². The highest BCUT2D eigenvalue weighted by Crippen LogP contribution is 2.26. The Labute approximate surface area is 225 Å². The van der Waals surface area contributed by atoms with Crippen LogP contribution in [0.3, 0.4) is 0 Å². The molecule has 1 amide bonds. The summed E-state index contributed by atoms with van der Waals surface area (Å²) in [5.41, 5.74) is 0. The number of nitrogens with zero attached hydrogens (tertiary/aromatic N) is 1. The molecule has 36 heavy (non-hydrogen) atoms. The van der Waals surface area contributed by atoms with Crippen molar-refractivity contribution in [1.82, 2.24) is 5.32 Å². The fraction of sp³-hybridized carbons (Fsp3) is 0.955. The molecule has 0 spiro atoms. The molecule has 0 aliphatic heterocycles. The highest BCUT2D eigenvalue weighted by atomic mass is 32.2. The topological polar surface area (TPSA) is 119 Å². The molecule has 0 saturated heterocycles. The van der Waals surface area contributed by atoms with Gasteiger partial charge in [-0.15, -0.1) is 0 Å². The second kappa shape index (κ2) is 15.5. The van der Waals surface area contributed by atoms with Gasteiger partial charge in [-0.2, -0.15) is 8.42 Å². The van der Waals surface area contributed by atoms with E-state index in [1.165, 1.54) is 0 Å². The molecule has 0 aromatic carbocycles. The lowest BCUT2D eigenvalue weighted by molar-refractivity contribution is -0.890. The van der Waals surface area contributed by atoms with E-state index < -0.39 is 43.0 Å². The Morgan fingerprint density at radius 1 is 0.889 bits per heavy atom. The third kappa shape index (κ3) is 19.1. The molecule has 0 bridgehead atoms. The molecule has 0 heterocycles. The second-order valence-electron chi connectivity index (χ2n) is 12.4. The van der Waals surface area contributed by atoms with E-state index in [9.17, 15) is 17.7 Å². The van der Waals surface area contributed by atoms with Crippen LogP contribution in [0.4, 0.5) is 0 Å². The predicted octanol–water partition coefficient (Wildman–Crippen LogP) is 4.07. The molecule has 14 heteroatoms. The molecule has 0 fully saturated rings. The second-order valence-corrected chi connectivity index (χ2v) is 31.5. The summed E-state index contributed by atoms with van der Waals surface area (Å²) >= 11 is 0. The number of quaternary nitrogens is 1. The van der Waals surface area contributed by atoms with Crippen LogP contribution in [0.15, 0.2) is 0 Å². The highest BCUT2D eigenvalue weighted by molar-refractivity contribution is 7.85. The monoisotopic (exact) mass is 601 g/mol. The maximum absolute atomic E-state index is 12.9. The fourth-order valence-corrected chi connectivity index (χ4v) is 25.7. The summed E-state index contributed by atoms with van der Waals surface area (Å²) in [5, 5.41) is 3.00. The maximum atomic E-state index is 12.9. The van der Waals surface area contributed by atoms with Gasteiger partial charge in [-0.25, -0.2) is 0 Å². The van der Waals surface area contributed by atoms with Gasteiger partial charge in [0, 0.05) is 13.0 Å². The van der Waals surface area contributed by atoms with Crippen molar-refractivity contribution < 1.29 is 34.9 Å². The van der Waals surface area contributed by atoms with Gasteiger partial charge in [-0.3, -0.25) is 9.35 Å². The van der Waals surface area contributed by atoms with Crippen LogP contribution in [0.1, 0.15) is 44.9 Å². The number of hydrogen-bond donors (Lipinski definition) is 2. The summed E-state index contributed by atoms with van der Waals surface area (Å²) in [6.45, 7) is 16.8. The third-order valence-electron chi connectivity index (χ3n) is 5.57. The zero-order valence-corrected chi connectivity index (χ0v) is 29.1. The van der Waals surface area contributed by atoms with Crippen molar-refractivity contribution >= 4 is 48.9 Å². The van der Waals surface area contributed by atoms with E-state index >= 15 is 0 Å². The van der Waals surface area contributed by atoms with Gasteiger partial charge in [0.05, 0.1) is 32.9 Å². The number of carbonyl (C=O) groups is 1. The van der Waals surface area contributed by atoms with Crippen LogP contribution < -0.4 is 5.32 Å². The van der Waals surface area contributed by atoms with Crippen LogP contribution in [0, 0.1) is 0 Å². The fourth-order valence-electron chi connectivity index (χ4n) is 4.01. The molecule has 0 aromatic heterocycles. The Kier molecular flexibility index (Phi) is 15.5. The number of rotatable bonds is 20. The van der Waals surface area contributed by atoms with Gasteiger partial charge in [0.2, 0.25) is 5.91 Å². The average molecular weight is 602 g/mol. The molecule has 0 rings (SSSR count). The zero-order chi connectivity index (χ0) is 28.3. The minimum absolute atomic E-state index is 0.0441. The van der Waals surface area contributed by atoms with Gasteiger partial charge in [0.15, 0.2) is 16.6 Å². The van der Waals surface area contributed by atoms with Gasteiger partial charge < -0.3 is 22.5 Å². The van der Waals surface area contributed by atoms with E-state index in [2.05, 4.69) is 58.7 Å². The number of carbonyl (C=O) groups excluding carboxylic acids is 1. The van der Waals surface area contributed by atoms with Crippen LogP contribution in [0.5, 0.6) is 0 Å². The highest BCUT2D eigenvalue weighted by Gasteiger charge is 2.49. The lowest BCUT2D eigenvalue weighted by atomic mass is 10.1. The molecule has 9 nitrogen and oxygen atoms in total. The number of unbranched alkanes of at least 4 members (excludes halogenated alkanes) is 3. The van der Waals surface area contributed by atoms with Crippen molar-refractivity contribution in [3.05, 3.63) is 0 Å². The van der Waals surface area contributed by atoms with Crippen LogP contribution in [-0.4, -0.2) is 95.8 Å². The Balaban J connectivity index is 4.36. The Morgan fingerprint density at radius 2 is 1.39 bits per heavy atom. The van der Waals surface area contributed by atoms with Crippen LogP contribution in [0.2, 0.25) is 51.9 Å². The lowest BCUT2D eigenvalue weighted by Gasteiger charge is -2.39. The number of nitrogens with one attached hydrogen (secondary N) is 1. The van der Waals surface area contributed by atoms with Gasteiger partial charge >= 0.3 is 16.3 Å². The van der Waals surface area contributed by atoms with Gasteiger partial charge in [0.1, 0.15) is 0 Å². The number of hydrogen-bond acceptors (Lipinski definition) is 6. The first-order chi connectivity index (χ1) is 16.2. The summed E-state index contributed by atoms with van der Waals surface area (Å²) in [5.74, 6) is -0.137. The van der Waals surface area contributed by atoms with E-state index in [1.54, 1.807) is 6.55 Å². The van der Waals surface area contributed by atoms with Crippen molar-refractivity contribution in [2.24, 2.45) is 0 Å². The minimum Gasteiger partial charge on any atom is -0.435 e. The van der Waals surface area contributed by atoms with Crippen molar-refractivity contribution in [2.75, 3.05) is 39.5 Å². The van der Waals surface area contributed by atoms with Crippen molar-refractivity contribution in [2.45, 2.75) is 96.8 Å². The van der Waals surface area contributed by atoms with E-state index in [4.69, 9.17) is 12.8 Å². The van der Waals surface area contributed by atoms with Gasteiger partial charge in [0.25, 0.3) is 10.1 Å². The lowest BCUT2D eigenvalue weighted by Crippen LogP contribution is -2.60. The van der Waals surface area contributed by atoms with Gasteiger partial charge in [-0.05, 0) is 90.4 Å². The molecule has 0 aliphatic carbocycles. The SMILES string of the molecule is C[Si](=O)[Si](CCCNC(=O)CCCCC[N+](C)(C)CCCCS(=O)(=O)O)(O[Si](C)(C)C)O[Si](C)(C)C. The average Bonchev–Trinajstić information content (AvgIpc) is 2.65. The van der Waals surface area contributed by atoms with Crippen LogP contribution >= 0.6 is 0 Å². The quantitative estimate of drug-likeness (QED) is 0.0934. The van der Waals surface area contributed by atoms with Crippen molar-refractivity contribution in [1.29, 1.82) is 0 Å². The van der Waals surface area contributed by atoms with Crippen molar-refractivity contribution in [3.63, 3.8) is 0 Å². The maximum Gasteiger partial charge on any atom is 0.364 e. The molecule has 0 aliphatic rings. The molecule has 0 atom stereocenters. The standard InChI is InChI=1S/C22H52N2O7SSi4/c1-24(2,19-13-14-20-32(26,27)28)18-12-10-11-16-22(25)23-17-15-21-36(33(3)29,30-34(4,5)6)31-35(7,8)9/h10-21H2,1-9H3,(H-,23,25,26,27,28)/p+1. The third-order valence-corrected chi connectivity index (χ3v) is 21.8. The zero-order valence-electron chi connectivity index (χ0n) is 24.2.